The van der Waals surface area contributed by atoms with Gasteiger partial charge < -0.3 is 0 Å². The zero-order valence-corrected chi connectivity index (χ0v) is 9.06. The molecule has 78 valence electrons. The number of hydrogen-bond donors (Lipinski definition) is 0. The second kappa shape index (κ2) is 4.78. The van der Waals surface area contributed by atoms with Gasteiger partial charge in [0, 0.05) is 12.4 Å². The van der Waals surface area contributed by atoms with Crippen LogP contribution in [-0.4, -0.2) is 9.78 Å². The molecular weight excluding hydrogens is 184 g/mol. The molecule has 0 unspecified atom stereocenters. The van der Waals surface area contributed by atoms with Crippen LogP contribution in [0.1, 0.15) is 24.5 Å². The van der Waals surface area contributed by atoms with Crippen LogP contribution in [0.2, 0.25) is 0 Å². The molecule has 1 aromatic carbocycles. The lowest BCUT2D eigenvalue weighted by atomic mass is 10.1. The Labute approximate surface area is 90.6 Å². The van der Waals surface area contributed by atoms with E-state index in [0.29, 0.717) is 0 Å². The minimum absolute atomic E-state index is 0.866. The van der Waals surface area contributed by atoms with Crippen molar-refractivity contribution in [1.29, 1.82) is 0 Å². The van der Waals surface area contributed by atoms with Crippen molar-refractivity contribution >= 4 is 0 Å². The highest BCUT2D eigenvalue weighted by Gasteiger charge is 1.96. The van der Waals surface area contributed by atoms with E-state index in [1.165, 1.54) is 17.5 Å². The topological polar surface area (TPSA) is 17.8 Å². The molecule has 2 rings (SSSR count). The maximum atomic E-state index is 4.20. The summed E-state index contributed by atoms with van der Waals surface area (Å²) in [4.78, 5) is 0. The summed E-state index contributed by atoms with van der Waals surface area (Å²) in [5.41, 5.74) is 2.74. The van der Waals surface area contributed by atoms with Crippen LogP contribution in [-0.2, 0) is 13.0 Å². The predicted molar refractivity (Wildman–Crippen MR) is 61.8 cm³/mol. The normalized spacial score (nSPS) is 10.5. The summed E-state index contributed by atoms with van der Waals surface area (Å²) in [5.74, 6) is 0. The number of rotatable bonds is 4. The first-order valence-corrected chi connectivity index (χ1v) is 5.43. The van der Waals surface area contributed by atoms with E-state index < -0.39 is 0 Å². The van der Waals surface area contributed by atoms with E-state index in [9.17, 15) is 0 Å². The Bertz CT molecular complexity index is 404. The summed E-state index contributed by atoms with van der Waals surface area (Å²) in [6.07, 6.45) is 6.17. The van der Waals surface area contributed by atoms with E-state index in [1.54, 1.807) is 0 Å². The lowest BCUT2D eigenvalue weighted by Gasteiger charge is -2.04. The average molecular weight is 200 g/mol. The standard InChI is InChI=1S/C13H16N2/c1-2-5-12-6-3-7-13(10-12)11-15-9-4-8-14-15/h3-4,6-10H,2,5,11H2,1H3. The van der Waals surface area contributed by atoms with Crippen LogP contribution in [0.15, 0.2) is 42.7 Å². The van der Waals surface area contributed by atoms with Crippen LogP contribution in [0.5, 0.6) is 0 Å². The molecule has 2 nitrogen and oxygen atoms in total. The summed E-state index contributed by atoms with van der Waals surface area (Å²) < 4.78 is 1.95. The van der Waals surface area contributed by atoms with Crippen LogP contribution in [0.3, 0.4) is 0 Å². The van der Waals surface area contributed by atoms with E-state index in [0.717, 1.165) is 13.0 Å². The number of nitrogens with zero attached hydrogens (tertiary/aromatic N) is 2. The van der Waals surface area contributed by atoms with Crippen molar-refractivity contribution in [2.24, 2.45) is 0 Å². The molecule has 0 atom stereocenters. The van der Waals surface area contributed by atoms with Gasteiger partial charge in [-0.15, -0.1) is 0 Å². The molecule has 0 spiro atoms. The molecule has 0 fully saturated rings. The van der Waals surface area contributed by atoms with E-state index in [-0.39, 0.29) is 0 Å². The quantitative estimate of drug-likeness (QED) is 0.742. The number of aromatic nitrogens is 2. The largest absolute Gasteiger partial charge is 0.268 e. The highest BCUT2D eigenvalue weighted by atomic mass is 15.3. The lowest BCUT2D eigenvalue weighted by molar-refractivity contribution is 0.686. The molecule has 2 aromatic rings. The minimum atomic E-state index is 0.866. The summed E-state index contributed by atoms with van der Waals surface area (Å²) in [5, 5.41) is 4.20. The van der Waals surface area contributed by atoms with E-state index in [2.05, 4.69) is 36.3 Å². The van der Waals surface area contributed by atoms with Gasteiger partial charge in [-0.1, -0.05) is 37.6 Å². The second-order valence-corrected chi connectivity index (χ2v) is 3.77. The van der Waals surface area contributed by atoms with Crippen molar-refractivity contribution < 1.29 is 0 Å². The van der Waals surface area contributed by atoms with Crippen LogP contribution in [0, 0.1) is 0 Å². The number of hydrogen-bond acceptors (Lipinski definition) is 1. The Hall–Kier alpha value is -1.57. The molecule has 0 bridgehead atoms. The van der Waals surface area contributed by atoms with Crippen LogP contribution in [0.4, 0.5) is 0 Å². The maximum Gasteiger partial charge on any atom is 0.0659 e. The Morgan fingerprint density at radius 2 is 2.07 bits per heavy atom. The van der Waals surface area contributed by atoms with Gasteiger partial charge in [-0.05, 0) is 23.6 Å². The maximum absolute atomic E-state index is 4.20. The summed E-state index contributed by atoms with van der Waals surface area (Å²) >= 11 is 0. The smallest absolute Gasteiger partial charge is 0.0659 e. The molecule has 0 aliphatic heterocycles. The van der Waals surface area contributed by atoms with Gasteiger partial charge in [-0.2, -0.15) is 5.10 Å². The molecular formula is C13H16N2. The Morgan fingerprint density at radius 3 is 2.80 bits per heavy atom. The zero-order valence-electron chi connectivity index (χ0n) is 9.06. The van der Waals surface area contributed by atoms with Gasteiger partial charge in [0.1, 0.15) is 0 Å². The first-order chi connectivity index (χ1) is 7.38. The molecule has 0 aliphatic carbocycles. The molecule has 0 saturated heterocycles. The molecule has 0 saturated carbocycles. The van der Waals surface area contributed by atoms with Crippen LogP contribution >= 0.6 is 0 Å². The molecule has 15 heavy (non-hydrogen) atoms. The van der Waals surface area contributed by atoms with Gasteiger partial charge in [0.15, 0.2) is 0 Å². The van der Waals surface area contributed by atoms with Gasteiger partial charge in [-0.25, -0.2) is 0 Å². The highest BCUT2D eigenvalue weighted by molar-refractivity contribution is 5.23. The van der Waals surface area contributed by atoms with Crippen LogP contribution < -0.4 is 0 Å². The van der Waals surface area contributed by atoms with E-state index in [1.807, 2.05) is 23.1 Å². The molecule has 1 aromatic heterocycles. The number of aryl methyl sites for hydroxylation is 1. The molecule has 1 heterocycles. The fraction of sp³-hybridized carbons (Fsp3) is 0.308. The summed E-state index contributed by atoms with van der Waals surface area (Å²) in [6.45, 7) is 3.07. The fourth-order valence-electron chi connectivity index (χ4n) is 1.75. The fourth-order valence-corrected chi connectivity index (χ4v) is 1.75. The third-order valence-electron chi connectivity index (χ3n) is 2.43. The van der Waals surface area contributed by atoms with Crippen molar-refractivity contribution in [3.63, 3.8) is 0 Å². The monoisotopic (exact) mass is 200 g/mol. The third kappa shape index (κ3) is 2.69. The SMILES string of the molecule is CCCc1cccc(Cn2cccn2)c1. The van der Waals surface area contributed by atoms with Crippen molar-refractivity contribution in [2.75, 3.05) is 0 Å². The Balaban J connectivity index is 2.11. The van der Waals surface area contributed by atoms with E-state index in [4.69, 9.17) is 0 Å². The van der Waals surface area contributed by atoms with Gasteiger partial charge in [-0.3, -0.25) is 4.68 Å². The summed E-state index contributed by atoms with van der Waals surface area (Å²) in [7, 11) is 0. The van der Waals surface area contributed by atoms with Gasteiger partial charge in [0.05, 0.1) is 6.54 Å². The minimum Gasteiger partial charge on any atom is -0.268 e. The Morgan fingerprint density at radius 1 is 1.20 bits per heavy atom. The zero-order chi connectivity index (χ0) is 10.5. The number of benzene rings is 1. The summed E-state index contributed by atoms with van der Waals surface area (Å²) in [6, 6.07) is 10.7. The molecule has 0 amide bonds. The van der Waals surface area contributed by atoms with Crippen molar-refractivity contribution in [2.45, 2.75) is 26.3 Å². The molecule has 0 aliphatic rings. The highest BCUT2D eigenvalue weighted by Crippen LogP contribution is 2.08. The van der Waals surface area contributed by atoms with Crippen LogP contribution in [0.25, 0.3) is 0 Å². The first kappa shape index (κ1) is 9.97. The molecule has 0 radical (unpaired) electrons. The van der Waals surface area contributed by atoms with Gasteiger partial charge >= 0.3 is 0 Å². The second-order valence-electron chi connectivity index (χ2n) is 3.77. The van der Waals surface area contributed by atoms with Gasteiger partial charge in [0.25, 0.3) is 0 Å². The van der Waals surface area contributed by atoms with Crippen molar-refractivity contribution in [3.05, 3.63) is 53.9 Å². The predicted octanol–water partition coefficient (Wildman–Crippen LogP) is 2.88. The van der Waals surface area contributed by atoms with Gasteiger partial charge in [0.2, 0.25) is 0 Å². The average Bonchev–Trinajstić information content (AvgIpc) is 2.71. The molecule has 0 N–H and O–H groups in total. The lowest BCUT2D eigenvalue weighted by Crippen LogP contribution is -2.00. The third-order valence-corrected chi connectivity index (χ3v) is 2.43. The molecule has 2 heteroatoms. The van der Waals surface area contributed by atoms with Crippen molar-refractivity contribution in [3.8, 4) is 0 Å². The Kier molecular flexibility index (Phi) is 3.18. The van der Waals surface area contributed by atoms with Crippen molar-refractivity contribution in [1.82, 2.24) is 9.78 Å². The first-order valence-electron chi connectivity index (χ1n) is 5.43. The van der Waals surface area contributed by atoms with E-state index >= 15 is 0 Å².